The van der Waals surface area contributed by atoms with E-state index in [9.17, 15) is 14.4 Å². The third-order valence-corrected chi connectivity index (χ3v) is 16.4. The highest BCUT2D eigenvalue weighted by Gasteiger charge is 2.27. The van der Waals surface area contributed by atoms with Gasteiger partial charge in [-0.3, -0.25) is 4.21 Å². The number of nitrogens with one attached hydrogen (secondary N) is 2. The van der Waals surface area contributed by atoms with Crippen LogP contribution < -0.4 is 10.6 Å². The number of thioether (sulfide) groups is 2. The Bertz CT molecular complexity index is 3040. The topological polar surface area (TPSA) is 202 Å². The highest BCUT2D eigenvalue weighted by molar-refractivity contribution is 9.11. The first-order valence-electron chi connectivity index (χ1n) is 21.0. The van der Waals surface area contributed by atoms with Crippen LogP contribution in [0.25, 0.3) is 22.6 Å². The molecule has 364 valence electrons. The second-order valence-electron chi connectivity index (χ2n) is 15.5. The van der Waals surface area contributed by atoms with Gasteiger partial charge in [-0.1, -0.05) is 60.5 Å². The molecule has 27 heteroatoms. The number of halogens is 7. The molecule has 2 saturated carbocycles. The number of aliphatic hydroxyl groups excluding tert-OH is 2. The fraction of sp³-hybridized carbons (Fsp3) is 0.415. The summed E-state index contributed by atoms with van der Waals surface area (Å²) in [6, 6.07) is 7.64. The molecule has 8 heterocycles. The van der Waals surface area contributed by atoms with Crippen LogP contribution in [-0.2, 0) is 10.8 Å². The van der Waals surface area contributed by atoms with Gasteiger partial charge in [0.1, 0.15) is 42.2 Å². The predicted octanol–water partition coefficient (Wildman–Crippen LogP) is 11.0. The van der Waals surface area contributed by atoms with Gasteiger partial charge >= 0.3 is 0 Å². The minimum Gasteiger partial charge on any atom is -0.396 e. The second kappa shape index (κ2) is 24.9. The van der Waals surface area contributed by atoms with E-state index in [1.165, 1.54) is 23.4 Å². The quantitative estimate of drug-likeness (QED) is 0.0784. The first-order chi connectivity index (χ1) is 32.7. The first kappa shape index (κ1) is 53.4. The number of hydrogen-bond acceptors (Lipinski definition) is 15. The van der Waals surface area contributed by atoms with E-state index >= 15 is 0 Å². The number of anilines is 2. The molecule has 3 unspecified atom stereocenters. The zero-order chi connectivity index (χ0) is 48.6. The van der Waals surface area contributed by atoms with Gasteiger partial charge < -0.3 is 20.8 Å². The zero-order valence-electron chi connectivity index (χ0n) is 36.5. The molecule has 2 fully saturated rings. The van der Waals surface area contributed by atoms with Crippen molar-refractivity contribution in [2.24, 2.45) is 11.8 Å². The van der Waals surface area contributed by atoms with E-state index in [4.69, 9.17) is 34.8 Å². The molecule has 17 nitrogen and oxygen atoms in total. The highest BCUT2D eigenvalue weighted by Crippen LogP contribution is 2.31. The van der Waals surface area contributed by atoms with Crippen LogP contribution in [-0.4, -0.2) is 117 Å². The van der Waals surface area contributed by atoms with E-state index < -0.39 is 10.8 Å². The average molecular weight is 1300 g/mol. The molecule has 0 spiro atoms. The summed E-state index contributed by atoms with van der Waals surface area (Å²) in [5.41, 5.74) is 2.83. The lowest BCUT2D eigenvalue weighted by Crippen LogP contribution is -2.34. The first-order valence-corrected chi connectivity index (χ1v) is 29.3. The van der Waals surface area contributed by atoms with Crippen LogP contribution >= 0.6 is 122 Å². The molecule has 4 N–H and O–H groups in total. The lowest BCUT2D eigenvalue weighted by molar-refractivity contribution is 0.178. The Hall–Kier alpha value is -2.36. The minimum absolute atomic E-state index is 0.183. The Morgan fingerprint density at radius 3 is 1.49 bits per heavy atom. The monoisotopic (exact) mass is 1300 g/mol. The lowest BCUT2D eigenvalue weighted by atomic mass is 9.85. The summed E-state index contributed by atoms with van der Waals surface area (Å²) in [6.07, 6.45) is 21.3. The van der Waals surface area contributed by atoms with Crippen LogP contribution in [0.5, 0.6) is 0 Å². The van der Waals surface area contributed by atoms with Crippen LogP contribution in [0.15, 0.2) is 82.0 Å². The summed E-state index contributed by atoms with van der Waals surface area (Å²) in [4.78, 5) is 17.4. The van der Waals surface area contributed by atoms with Crippen molar-refractivity contribution in [1.29, 1.82) is 0 Å². The van der Waals surface area contributed by atoms with E-state index in [0.29, 0.717) is 49.6 Å². The molecular formula is C41H45Br4Cl3N14O3S3. The number of fused-ring (bicyclic) bond motifs is 4. The summed E-state index contributed by atoms with van der Waals surface area (Å²) >= 11 is 34.1. The SMILES string of the molecule is CS(=O)c1cc(NC2CCCC[C@H]2CO)nc2c(Br)cnn12.CSc1cc(Cl)nc2c(Br)cnn12.CSc1cc(NC2CCCC[C@H]2CO)nc2c(Br)cnn12.Clc1cc(Cl)n2ncc(Br)c2n1. The van der Waals surface area contributed by atoms with E-state index in [1.807, 2.05) is 23.1 Å². The molecule has 5 atom stereocenters. The van der Waals surface area contributed by atoms with E-state index in [-0.39, 0.29) is 25.2 Å². The summed E-state index contributed by atoms with van der Waals surface area (Å²) in [7, 11) is -1.17. The maximum Gasteiger partial charge on any atom is 0.172 e. The van der Waals surface area contributed by atoms with Crippen LogP contribution in [0, 0.1) is 11.8 Å². The zero-order valence-corrected chi connectivity index (χ0v) is 47.6. The van der Waals surface area contributed by atoms with Gasteiger partial charge in [0.2, 0.25) is 0 Å². The molecule has 0 bridgehead atoms. The van der Waals surface area contributed by atoms with Gasteiger partial charge in [0.05, 0.1) is 53.5 Å². The number of aliphatic hydroxyl groups is 2. The third kappa shape index (κ3) is 12.8. The molecule has 0 radical (unpaired) electrons. The maximum absolute atomic E-state index is 12.0. The molecule has 0 aromatic carbocycles. The van der Waals surface area contributed by atoms with Crippen molar-refractivity contribution < 1.29 is 14.4 Å². The Morgan fingerprint density at radius 1 is 0.603 bits per heavy atom. The average Bonchev–Trinajstić information content (AvgIpc) is 4.12. The van der Waals surface area contributed by atoms with Gasteiger partial charge in [-0.05, 0) is 102 Å². The van der Waals surface area contributed by atoms with Gasteiger partial charge in [-0.25, -0.2) is 38.0 Å². The lowest BCUT2D eigenvalue weighted by Gasteiger charge is -2.31. The van der Waals surface area contributed by atoms with Gasteiger partial charge in [-0.2, -0.15) is 20.4 Å². The van der Waals surface area contributed by atoms with Crippen molar-refractivity contribution >= 4 is 167 Å². The van der Waals surface area contributed by atoms with Crippen LogP contribution in [0.1, 0.15) is 51.4 Å². The molecule has 10 rings (SSSR count). The molecule has 8 aromatic rings. The molecule has 0 saturated heterocycles. The van der Waals surface area contributed by atoms with E-state index in [1.54, 1.807) is 75.7 Å². The molecule has 0 amide bonds. The highest BCUT2D eigenvalue weighted by atomic mass is 79.9. The number of aromatic nitrogens is 12. The van der Waals surface area contributed by atoms with Crippen molar-refractivity contribution in [2.75, 3.05) is 42.6 Å². The van der Waals surface area contributed by atoms with Crippen LogP contribution in [0.2, 0.25) is 15.5 Å². The Balaban J connectivity index is 0.000000139. The largest absolute Gasteiger partial charge is 0.396 e. The maximum atomic E-state index is 12.0. The number of rotatable bonds is 9. The molecular weight excluding hydrogens is 1260 g/mol. The van der Waals surface area contributed by atoms with Gasteiger partial charge in [0.25, 0.3) is 0 Å². The number of hydrogen-bond donors (Lipinski definition) is 4. The Kier molecular flexibility index (Phi) is 19.5. The molecule has 68 heavy (non-hydrogen) atoms. The fourth-order valence-electron chi connectivity index (χ4n) is 7.83. The van der Waals surface area contributed by atoms with E-state index in [0.717, 1.165) is 83.6 Å². The van der Waals surface area contributed by atoms with Crippen molar-refractivity contribution in [3.63, 3.8) is 0 Å². The summed E-state index contributed by atoms with van der Waals surface area (Å²) < 4.78 is 21.9. The predicted molar refractivity (Wildman–Crippen MR) is 287 cm³/mol. The van der Waals surface area contributed by atoms with Gasteiger partial charge in [0.15, 0.2) is 22.6 Å². The van der Waals surface area contributed by atoms with Crippen LogP contribution in [0.4, 0.5) is 11.6 Å². The molecule has 2 aliphatic carbocycles. The third-order valence-electron chi connectivity index (χ3n) is 11.2. The summed E-state index contributed by atoms with van der Waals surface area (Å²) in [5, 5.41) is 46.6. The second-order valence-corrected chi connectivity index (χ2v) is 23.1. The molecule has 2 aliphatic rings. The van der Waals surface area contributed by atoms with Crippen molar-refractivity contribution in [1.82, 2.24) is 58.4 Å². The van der Waals surface area contributed by atoms with Crippen molar-refractivity contribution in [2.45, 2.75) is 78.5 Å². The summed E-state index contributed by atoms with van der Waals surface area (Å²) in [6.45, 7) is 0.425. The Labute approximate surface area is 451 Å². The standard InChI is InChI=1S/C14H19BrN4O2S.C14H19BrN4OS.C7H5BrClN3S.C6H2BrCl2N3/c1-22(21)13-6-12(18-14-10(15)7-16-19(13)14)17-11-5-3-2-4-9(11)8-20;1-21-13-6-12(18-14-10(15)7-16-19(13)14)17-11-5-3-2-4-9(11)8-20;1-13-6-2-5(9)11-7-4(8)3-10-12(6)7;7-3-2-10-12-5(9)1-4(8)11-6(3)12/h6-7,9,11,20H,2-5,8H2,1H3,(H,17,18);6-7,9,11,20H,2-5,8H2,1H3,(H,17,18);2-3H,1H3;1-2H/t9-,11?,22?;9-,11?;;/m00../s1. The summed E-state index contributed by atoms with van der Waals surface area (Å²) in [5.74, 6) is 2.11. The van der Waals surface area contributed by atoms with Gasteiger partial charge in [-0.15, -0.1) is 23.5 Å². The molecule has 0 aliphatic heterocycles. The van der Waals surface area contributed by atoms with Gasteiger partial charge in [0, 0.05) is 67.7 Å². The van der Waals surface area contributed by atoms with E-state index in [2.05, 4.69) is 115 Å². The fourth-order valence-corrected chi connectivity index (χ4v) is 11.7. The molecule has 8 aromatic heterocycles. The minimum atomic E-state index is -1.17. The van der Waals surface area contributed by atoms with Crippen LogP contribution in [0.3, 0.4) is 0 Å². The van der Waals surface area contributed by atoms with Crippen molar-refractivity contribution in [3.8, 4) is 0 Å². The normalized spacial score (nSPS) is 18.6. The van der Waals surface area contributed by atoms with Crippen molar-refractivity contribution in [3.05, 3.63) is 82.4 Å². The Morgan fingerprint density at radius 2 is 1.00 bits per heavy atom. The number of nitrogens with zero attached hydrogens (tertiary/aromatic N) is 12. The smallest absolute Gasteiger partial charge is 0.172 e.